The van der Waals surface area contributed by atoms with E-state index in [1.165, 1.54) is 6.39 Å². The molecule has 3 rings (SSSR count). The largest absolute Gasteiger partial charge is 0.480 e. The van der Waals surface area contributed by atoms with Crippen molar-refractivity contribution in [3.63, 3.8) is 0 Å². The number of carboxylic acids is 1. The van der Waals surface area contributed by atoms with Crippen LogP contribution in [0.25, 0.3) is 11.1 Å². The molecule has 0 aliphatic heterocycles. The number of rotatable bonds is 3. The molecule has 0 radical (unpaired) electrons. The fourth-order valence-corrected chi connectivity index (χ4v) is 2.35. The Kier molecular flexibility index (Phi) is 2.79. The molecule has 4 heteroatoms. The highest BCUT2D eigenvalue weighted by molar-refractivity contribution is 5.87. The van der Waals surface area contributed by atoms with E-state index < -0.39 is 11.4 Å². The molecule has 20 heavy (non-hydrogen) atoms. The van der Waals surface area contributed by atoms with Crippen LogP contribution in [-0.2, 0) is 10.2 Å². The number of oxazole rings is 1. The van der Waals surface area contributed by atoms with E-state index in [4.69, 9.17) is 4.42 Å². The van der Waals surface area contributed by atoms with E-state index >= 15 is 0 Å². The molecule has 4 nitrogen and oxygen atoms in total. The molecule has 100 valence electrons. The van der Waals surface area contributed by atoms with Gasteiger partial charge in [-0.1, -0.05) is 36.4 Å². The smallest absolute Gasteiger partial charge is 0.318 e. The lowest BCUT2D eigenvalue weighted by Gasteiger charge is -2.26. The van der Waals surface area contributed by atoms with Crippen LogP contribution in [0.15, 0.2) is 59.3 Å². The normalized spacial score (nSPS) is 14.1. The summed E-state index contributed by atoms with van der Waals surface area (Å²) < 4.78 is 5.19. The standard InChI is InChI=1S/C16H13NO3/c1-16(15(18)19,11-5-3-2-4-6-11)12-7-8-14-13(9-12)17-10-20-14/h2-10H,1H3,(H,18,19). The lowest BCUT2D eigenvalue weighted by Crippen LogP contribution is -2.33. The second-order valence-electron chi connectivity index (χ2n) is 4.83. The number of nitrogens with zero attached hydrogens (tertiary/aromatic N) is 1. The van der Waals surface area contributed by atoms with Crippen LogP contribution in [0.3, 0.4) is 0 Å². The first-order valence-electron chi connectivity index (χ1n) is 6.25. The van der Waals surface area contributed by atoms with Crippen molar-refractivity contribution in [2.75, 3.05) is 0 Å². The average Bonchev–Trinajstić information content (AvgIpc) is 2.94. The first kappa shape index (κ1) is 12.4. The van der Waals surface area contributed by atoms with Gasteiger partial charge in [-0.2, -0.15) is 0 Å². The molecule has 0 bridgehead atoms. The molecule has 1 N–H and O–H groups in total. The zero-order valence-corrected chi connectivity index (χ0v) is 10.9. The number of carbonyl (C=O) groups is 1. The number of aliphatic carboxylic acids is 1. The Morgan fingerprint density at radius 3 is 2.60 bits per heavy atom. The van der Waals surface area contributed by atoms with Crippen molar-refractivity contribution in [3.05, 3.63) is 66.1 Å². The number of hydrogen-bond acceptors (Lipinski definition) is 3. The van der Waals surface area contributed by atoms with Crippen LogP contribution in [0.2, 0.25) is 0 Å². The Morgan fingerprint density at radius 1 is 1.15 bits per heavy atom. The number of hydrogen-bond donors (Lipinski definition) is 1. The van der Waals surface area contributed by atoms with Crippen LogP contribution in [0, 0.1) is 0 Å². The molecule has 0 amide bonds. The van der Waals surface area contributed by atoms with Gasteiger partial charge in [-0.3, -0.25) is 4.79 Å². The lowest BCUT2D eigenvalue weighted by molar-refractivity contribution is -0.141. The van der Waals surface area contributed by atoms with Gasteiger partial charge in [0.1, 0.15) is 10.9 Å². The molecule has 0 saturated heterocycles. The topological polar surface area (TPSA) is 63.3 Å². The van der Waals surface area contributed by atoms with Crippen molar-refractivity contribution < 1.29 is 14.3 Å². The quantitative estimate of drug-likeness (QED) is 0.791. The third kappa shape index (κ3) is 1.77. The number of fused-ring (bicyclic) bond motifs is 1. The van der Waals surface area contributed by atoms with E-state index in [2.05, 4.69) is 4.98 Å². The van der Waals surface area contributed by atoms with Gasteiger partial charge in [-0.15, -0.1) is 0 Å². The summed E-state index contributed by atoms with van der Waals surface area (Å²) in [6, 6.07) is 14.5. The summed E-state index contributed by atoms with van der Waals surface area (Å²) in [6.45, 7) is 1.70. The predicted octanol–water partition coefficient (Wildman–Crippen LogP) is 3.22. The van der Waals surface area contributed by atoms with E-state index in [-0.39, 0.29) is 0 Å². The molecule has 3 aromatic rings. The highest BCUT2D eigenvalue weighted by Gasteiger charge is 2.37. The fourth-order valence-electron chi connectivity index (χ4n) is 2.35. The lowest BCUT2D eigenvalue weighted by atomic mass is 9.76. The molecule has 1 atom stereocenters. The number of carboxylic acid groups (broad SMARTS) is 1. The zero-order chi connectivity index (χ0) is 14.2. The van der Waals surface area contributed by atoms with Crippen LogP contribution in [-0.4, -0.2) is 16.1 Å². The predicted molar refractivity (Wildman–Crippen MR) is 74.5 cm³/mol. The van der Waals surface area contributed by atoms with E-state index in [9.17, 15) is 9.90 Å². The molecule has 0 spiro atoms. The average molecular weight is 267 g/mol. The fraction of sp³-hybridized carbons (Fsp3) is 0.125. The van der Waals surface area contributed by atoms with E-state index in [1.54, 1.807) is 25.1 Å². The molecule has 0 aliphatic rings. The van der Waals surface area contributed by atoms with Gasteiger partial charge in [-0.05, 0) is 30.2 Å². The monoisotopic (exact) mass is 267 g/mol. The molecule has 1 heterocycles. The SMILES string of the molecule is CC(C(=O)O)(c1ccccc1)c1ccc2ocnc2c1. The van der Waals surface area contributed by atoms with Crippen molar-refractivity contribution in [1.29, 1.82) is 0 Å². The summed E-state index contributed by atoms with van der Waals surface area (Å²) in [5, 5.41) is 9.72. The summed E-state index contributed by atoms with van der Waals surface area (Å²) in [7, 11) is 0. The Balaban J connectivity index is 2.22. The van der Waals surface area contributed by atoms with Crippen LogP contribution in [0.5, 0.6) is 0 Å². The van der Waals surface area contributed by atoms with Crippen molar-refractivity contribution >= 4 is 17.1 Å². The Hall–Kier alpha value is -2.62. The maximum Gasteiger partial charge on any atom is 0.318 e. The minimum absolute atomic E-state index is 0.648. The van der Waals surface area contributed by atoms with Crippen molar-refractivity contribution in [2.24, 2.45) is 0 Å². The maximum atomic E-state index is 11.9. The second kappa shape index (κ2) is 4.49. The summed E-state index contributed by atoms with van der Waals surface area (Å²) in [5.41, 5.74) is 1.60. The zero-order valence-electron chi connectivity index (χ0n) is 10.9. The minimum Gasteiger partial charge on any atom is -0.480 e. The molecule has 0 saturated carbocycles. The highest BCUT2D eigenvalue weighted by Crippen LogP contribution is 2.33. The maximum absolute atomic E-state index is 11.9. The van der Waals surface area contributed by atoms with Gasteiger partial charge in [0.25, 0.3) is 0 Å². The van der Waals surface area contributed by atoms with Crippen LogP contribution in [0.1, 0.15) is 18.1 Å². The Bertz CT molecular complexity index is 764. The second-order valence-corrected chi connectivity index (χ2v) is 4.83. The Labute approximate surface area is 115 Å². The summed E-state index contributed by atoms with van der Waals surface area (Å²) in [4.78, 5) is 15.9. The van der Waals surface area contributed by atoms with Crippen molar-refractivity contribution in [2.45, 2.75) is 12.3 Å². The van der Waals surface area contributed by atoms with Gasteiger partial charge < -0.3 is 9.52 Å². The number of aromatic nitrogens is 1. The van der Waals surface area contributed by atoms with Gasteiger partial charge in [0.05, 0.1) is 0 Å². The minimum atomic E-state index is -1.12. The van der Waals surface area contributed by atoms with E-state index in [0.29, 0.717) is 16.7 Å². The van der Waals surface area contributed by atoms with E-state index in [0.717, 1.165) is 5.56 Å². The van der Waals surface area contributed by atoms with Gasteiger partial charge in [0.2, 0.25) is 0 Å². The number of benzene rings is 2. The highest BCUT2D eigenvalue weighted by atomic mass is 16.4. The molecular weight excluding hydrogens is 254 g/mol. The third-order valence-corrected chi connectivity index (χ3v) is 3.69. The third-order valence-electron chi connectivity index (χ3n) is 3.69. The summed E-state index contributed by atoms with van der Waals surface area (Å²) in [5.74, 6) is -0.897. The molecule has 0 aliphatic carbocycles. The van der Waals surface area contributed by atoms with E-state index in [1.807, 2.05) is 30.3 Å². The van der Waals surface area contributed by atoms with Crippen molar-refractivity contribution in [3.8, 4) is 0 Å². The summed E-state index contributed by atoms with van der Waals surface area (Å²) >= 11 is 0. The Morgan fingerprint density at radius 2 is 1.90 bits per heavy atom. The first-order valence-corrected chi connectivity index (χ1v) is 6.25. The molecular formula is C16H13NO3. The van der Waals surface area contributed by atoms with Gasteiger partial charge >= 0.3 is 5.97 Å². The van der Waals surface area contributed by atoms with Gasteiger partial charge in [0, 0.05) is 0 Å². The van der Waals surface area contributed by atoms with Crippen LogP contribution < -0.4 is 0 Å². The molecule has 0 fully saturated rings. The first-order chi connectivity index (χ1) is 9.62. The molecule has 1 aromatic heterocycles. The summed E-state index contributed by atoms with van der Waals surface area (Å²) in [6.07, 6.45) is 1.36. The molecule has 1 unspecified atom stereocenters. The van der Waals surface area contributed by atoms with Crippen LogP contribution in [0.4, 0.5) is 0 Å². The van der Waals surface area contributed by atoms with Gasteiger partial charge in [-0.25, -0.2) is 4.98 Å². The molecule has 2 aromatic carbocycles. The van der Waals surface area contributed by atoms with Gasteiger partial charge in [0.15, 0.2) is 12.0 Å². The van der Waals surface area contributed by atoms with Crippen molar-refractivity contribution in [1.82, 2.24) is 4.98 Å². The van der Waals surface area contributed by atoms with Crippen LogP contribution >= 0.6 is 0 Å².